The minimum Gasteiger partial charge on any atom is -0.481 e. The summed E-state index contributed by atoms with van der Waals surface area (Å²) in [6, 6.07) is -0.538. The Morgan fingerprint density at radius 1 is 1.61 bits per heavy atom. The SMILES string of the molecule is COCC(C(C)C)N1CCNC(=O)C1CC(=O)O. The highest BCUT2D eigenvalue weighted by molar-refractivity contribution is 5.86. The van der Waals surface area contributed by atoms with Gasteiger partial charge in [-0.3, -0.25) is 14.5 Å². The Morgan fingerprint density at radius 3 is 2.78 bits per heavy atom. The van der Waals surface area contributed by atoms with Crippen LogP contribution in [0.5, 0.6) is 0 Å². The van der Waals surface area contributed by atoms with Crippen LogP contribution in [0.4, 0.5) is 0 Å². The van der Waals surface area contributed by atoms with Gasteiger partial charge in [0.15, 0.2) is 0 Å². The zero-order chi connectivity index (χ0) is 13.7. The van der Waals surface area contributed by atoms with Crippen molar-refractivity contribution >= 4 is 11.9 Å². The number of nitrogens with one attached hydrogen (secondary N) is 1. The summed E-state index contributed by atoms with van der Waals surface area (Å²) in [5.74, 6) is -0.862. The second-order valence-electron chi connectivity index (χ2n) is 4.91. The number of piperazine rings is 1. The number of ether oxygens (including phenoxy) is 1. The summed E-state index contributed by atoms with van der Waals surface area (Å²) >= 11 is 0. The van der Waals surface area contributed by atoms with Gasteiger partial charge in [-0.25, -0.2) is 0 Å². The van der Waals surface area contributed by atoms with Crippen molar-refractivity contribution in [2.75, 3.05) is 26.8 Å². The lowest BCUT2D eigenvalue weighted by Crippen LogP contribution is -2.61. The molecular formula is C12H22N2O4. The van der Waals surface area contributed by atoms with E-state index in [0.29, 0.717) is 25.6 Å². The molecule has 1 fully saturated rings. The molecule has 18 heavy (non-hydrogen) atoms. The molecule has 1 heterocycles. The van der Waals surface area contributed by atoms with Gasteiger partial charge in [-0.2, -0.15) is 0 Å². The Labute approximate surface area is 107 Å². The Kier molecular flexibility index (Phi) is 5.55. The Bertz CT molecular complexity index is 306. The van der Waals surface area contributed by atoms with Crippen molar-refractivity contribution in [1.29, 1.82) is 0 Å². The summed E-state index contributed by atoms with van der Waals surface area (Å²) in [4.78, 5) is 24.6. The van der Waals surface area contributed by atoms with Crippen LogP contribution in [0.3, 0.4) is 0 Å². The molecular weight excluding hydrogens is 236 g/mol. The van der Waals surface area contributed by atoms with E-state index < -0.39 is 12.0 Å². The largest absolute Gasteiger partial charge is 0.481 e. The van der Waals surface area contributed by atoms with Crippen LogP contribution in [0.2, 0.25) is 0 Å². The highest BCUT2D eigenvalue weighted by atomic mass is 16.5. The van der Waals surface area contributed by atoms with Gasteiger partial charge >= 0.3 is 5.97 Å². The molecule has 0 aliphatic carbocycles. The molecule has 0 saturated carbocycles. The Balaban J connectivity index is 2.85. The van der Waals surface area contributed by atoms with Crippen LogP contribution in [-0.2, 0) is 14.3 Å². The monoisotopic (exact) mass is 258 g/mol. The van der Waals surface area contributed by atoms with Gasteiger partial charge in [-0.15, -0.1) is 0 Å². The lowest BCUT2D eigenvalue weighted by molar-refractivity contribution is -0.144. The van der Waals surface area contributed by atoms with E-state index in [1.165, 1.54) is 0 Å². The summed E-state index contributed by atoms with van der Waals surface area (Å²) in [5, 5.41) is 11.6. The van der Waals surface area contributed by atoms with E-state index in [0.717, 1.165) is 0 Å². The van der Waals surface area contributed by atoms with Crippen LogP contribution in [-0.4, -0.2) is 60.8 Å². The van der Waals surface area contributed by atoms with Crippen molar-refractivity contribution in [2.45, 2.75) is 32.4 Å². The fourth-order valence-corrected chi connectivity index (χ4v) is 2.35. The van der Waals surface area contributed by atoms with Crippen LogP contribution in [0.1, 0.15) is 20.3 Å². The maximum atomic E-state index is 11.8. The van der Waals surface area contributed by atoms with Crippen LogP contribution in [0.25, 0.3) is 0 Å². The van der Waals surface area contributed by atoms with Gasteiger partial charge in [-0.05, 0) is 5.92 Å². The molecule has 2 N–H and O–H groups in total. The number of nitrogens with zero attached hydrogens (tertiary/aromatic N) is 1. The summed E-state index contributed by atoms with van der Waals surface area (Å²) < 4.78 is 5.19. The molecule has 0 aromatic rings. The molecule has 0 aromatic heterocycles. The van der Waals surface area contributed by atoms with Crippen molar-refractivity contribution in [3.63, 3.8) is 0 Å². The van der Waals surface area contributed by atoms with Crippen molar-refractivity contribution in [3.05, 3.63) is 0 Å². The molecule has 1 amide bonds. The maximum Gasteiger partial charge on any atom is 0.305 e. The van der Waals surface area contributed by atoms with Crippen LogP contribution in [0.15, 0.2) is 0 Å². The first-order chi connectivity index (χ1) is 8.47. The molecule has 6 heteroatoms. The Morgan fingerprint density at radius 2 is 2.28 bits per heavy atom. The number of aliphatic carboxylic acids is 1. The van der Waals surface area contributed by atoms with E-state index in [4.69, 9.17) is 9.84 Å². The van der Waals surface area contributed by atoms with Gasteiger partial charge < -0.3 is 15.2 Å². The van der Waals surface area contributed by atoms with Gasteiger partial charge in [0, 0.05) is 26.2 Å². The van der Waals surface area contributed by atoms with Crippen molar-refractivity contribution in [2.24, 2.45) is 5.92 Å². The molecule has 104 valence electrons. The first-order valence-corrected chi connectivity index (χ1v) is 6.21. The molecule has 0 aromatic carbocycles. The van der Waals surface area contributed by atoms with Crippen molar-refractivity contribution in [1.82, 2.24) is 10.2 Å². The number of carbonyl (C=O) groups excluding carboxylic acids is 1. The maximum absolute atomic E-state index is 11.8. The number of amides is 1. The van der Waals surface area contributed by atoms with E-state index in [1.54, 1.807) is 7.11 Å². The summed E-state index contributed by atoms with van der Waals surface area (Å²) in [6.45, 7) is 5.82. The molecule has 0 bridgehead atoms. The molecule has 1 aliphatic rings. The number of carboxylic acid groups (broad SMARTS) is 1. The van der Waals surface area contributed by atoms with E-state index in [9.17, 15) is 9.59 Å². The third kappa shape index (κ3) is 3.68. The molecule has 1 rings (SSSR count). The summed E-state index contributed by atoms with van der Waals surface area (Å²) in [7, 11) is 1.62. The zero-order valence-electron chi connectivity index (χ0n) is 11.2. The van der Waals surface area contributed by atoms with Crippen molar-refractivity contribution in [3.8, 4) is 0 Å². The first kappa shape index (κ1) is 14.9. The van der Waals surface area contributed by atoms with Crippen LogP contribution >= 0.6 is 0 Å². The van der Waals surface area contributed by atoms with Crippen LogP contribution < -0.4 is 5.32 Å². The van der Waals surface area contributed by atoms with Gasteiger partial charge in [-0.1, -0.05) is 13.8 Å². The number of hydrogen-bond donors (Lipinski definition) is 2. The minimum atomic E-state index is -0.957. The van der Waals surface area contributed by atoms with Gasteiger partial charge in [0.25, 0.3) is 0 Å². The van der Waals surface area contributed by atoms with Gasteiger partial charge in [0.2, 0.25) is 5.91 Å². The Hall–Kier alpha value is -1.14. The molecule has 6 nitrogen and oxygen atoms in total. The van der Waals surface area contributed by atoms with E-state index in [1.807, 2.05) is 18.7 Å². The van der Waals surface area contributed by atoms with Crippen molar-refractivity contribution < 1.29 is 19.4 Å². The molecule has 1 saturated heterocycles. The fourth-order valence-electron chi connectivity index (χ4n) is 2.35. The zero-order valence-corrected chi connectivity index (χ0v) is 11.2. The van der Waals surface area contributed by atoms with Crippen LogP contribution in [0, 0.1) is 5.92 Å². The summed E-state index contributed by atoms with van der Waals surface area (Å²) in [5.41, 5.74) is 0. The van der Waals surface area contributed by atoms with E-state index in [-0.39, 0.29) is 18.4 Å². The molecule has 2 atom stereocenters. The fraction of sp³-hybridized carbons (Fsp3) is 0.833. The second-order valence-corrected chi connectivity index (χ2v) is 4.91. The third-order valence-corrected chi connectivity index (χ3v) is 3.27. The first-order valence-electron chi connectivity index (χ1n) is 6.21. The number of methoxy groups -OCH3 is 1. The predicted molar refractivity (Wildman–Crippen MR) is 66.3 cm³/mol. The lowest BCUT2D eigenvalue weighted by atomic mass is 9.98. The summed E-state index contributed by atoms with van der Waals surface area (Å²) in [6.07, 6.45) is -0.168. The quantitative estimate of drug-likeness (QED) is 0.697. The lowest BCUT2D eigenvalue weighted by Gasteiger charge is -2.41. The number of carboxylic acids is 1. The second kappa shape index (κ2) is 6.70. The number of carbonyl (C=O) groups is 2. The average molecular weight is 258 g/mol. The molecule has 2 unspecified atom stereocenters. The highest BCUT2D eigenvalue weighted by Crippen LogP contribution is 2.19. The van der Waals surface area contributed by atoms with E-state index >= 15 is 0 Å². The smallest absolute Gasteiger partial charge is 0.305 e. The standard InChI is InChI=1S/C12H22N2O4/c1-8(2)10(7-18-3)14-5-4-13-12(17)9(14)6-11(15)16/h8-10H,4-7H2,1-3H3,(H,13,17)(H,15,16). The normalized spacial score (nSPS) is 22.9. The third-order valence-electron chi connectivity index (χ3n) is 3.27. The molecule has 0 radical (unpaired) electrons. The topological polar surface area (TPSA) is 78.9 Å². The molecule has 1 aliphatic heterocycles. The van der Waals surface area contributed by atoms with Gasteiger partial charge in [0.1, 0.15) is 6.04 Å². The van der Waals surface area contributed by atoms with Gasteiger partial charge in [0.05, 0.1) is 13.0 Å². The number of rotatable bonds is 6. The highest BCUT2D eigenvalue weighted by Gasteiger charge is 2.36. The van der Waals surface area contributed by atoms with E-state index in [2.05, 4.69) is 5.32 Å². The predicted octanol–water partition coefficient (Wildman–Crippen LogP) is -0.0675. The minimum absolute atomic E-state index is 0.0606. The molecule has 0 spiro atoms. The average Bonchev–Trinajstić information content (AvgIpc) is 2.28. The number of hydrogen-bond acceptors (Lipinski definition) is 4.